The summed E-state index contributed by atoms with van der Waals surface area (Å²) in [6, 6.07) is 8.29. The molecule has 5 rings (SSSR count). The Bertz CT molecular complexity index is 1210. The van der Waals surface area contributed by atoms with E-state index in [2.05, 4.69) is 10.2 Å². The number of carbonyl (C=O) groups is 4. The number of carbonyl (C=O) groups excluding carboxylic acids is 4. The minimum Gasteiger partial charge on any atom is -0.367 e. The third kappa shape index (κ3) is 3.77. The molecule has 0 bridgehead atoms. The van der Waals surface area contributed by atoms with Crippen LogP contribution in [0, 0.1) is 11.6 Å². The Morgan fingerprint density at radius 1 is 0.853 bits per heavy atom. The number of nitrogens with zero attached hydrogens (tertiary/aromatic N) is 4. The van der Waals surface area contributed by atoms with Crippen molar-refractivity contribution in [2.45, 2.75) is 13.0 Å². The summed E-state index contributed by atoms with van der Waals surface area (Å²) < 4.78 is 27.6. The maximum absolute atomic E-state index is 14.1. The molecule has 9 nitrogen and oxygen atoms in total. The van der Waals surface area contributed by atoms with Gasteiger partial charge in [-0.25, -0.2) is 18.6 Å². The highest BCUT2D eigenvalue weighted by Gasteiger charge is 2.43. The molecule has 11 heteroatoms. The molecule has 2 fully saturated rings. The van der Waals surface area contributed by atoms with Crippen LogP contribution in [0.2, 0.25) is 0 Å². The number of anilines is 1. The van der Waals surface area contributed by atoms with Crippen molar-refractivity contribution in [3.63, 3.8) is 0 Å². The van der Waals surface area contributed by atoms with Gasteiger partial charge in [-0.3, -0.25) is 24.6 Å². The van der Waals surface area contributed by atoms with Gasteiger partial charge < -0.3 is 4.90 Å². The average molecular weight is 469 g/mol. The van der Waals surface area contributed by atoms with Gasteiger partial charge >= 0.3 is 6.03 Å². The van der Waals surface area contributed by atoms with Crippen LogP contribution in [0.3, 0.4) is 0 Å². The molecule has 0 saturated carbocycles. The molecule has 2 saturated heterocycles. The fourth-order valence-corrected chi connectivity index (χ4v) is 4.48. The Labute approximate surface area is 193 Å². The van der Waals surface area contributed by atoms with Crippen LogP contribution in [0.4, 0.5) is 19.3 Å². The number of imide groups is 2. The monoisotopic (exact) mass is 469 g/mol. The summed E-state index contributed by atoms with van der Waals surface area (Å²) in [5.41, 5.74) is 1.45. The van der Waals surface area contributed by atoms with Crippen LogP contribution >= 0.6 is 0 Å². The molecule has 0 atom stereocenters. The Morgan fingerprint density at radius 3 is 2.32 bits per heavy atom. The number of benzene rings is 2. The van der Waals surface area contributed by atoms with Crippen molar-refractivity contribution in [3.8, 4) is 0 Å². The number of hydrazine groups is 1. The SMILES string of the molecule is O=C1CCN(N2C(=O)c3ccc(CN4CCN(c5cccc(F)c5F)CC4)cc3C2=O)C(=O)N1. The normalized spacial score (nSPS) is 19.1. The molecule has 3 aliphatic rings. The number of piperazine rings is 1. The Hall–Kier alpha value is -3.86. The van der Waals surface area contributed by atoms with E-state index in [0.717, 1.165) is 21.6 Å². The first-order valence-corrected chi connectivity index (χ1v) is 10.9. The van der Waals surface area contributed by atoms with E-state index in [0.29, 0.717) is 32.7 Å². The van der Waals surface area contributed by atoms with E-state index in [4.69, 9.17) is 0 Å². The average Bonchev–Trinajstić information content (AvgIpc) is 3.06. The van der Waals surface area contributed by atoms with Crippen LogP contribution < -0.4 is 10.2 Å². The molecule has 0 spiro atoms. The summed E-state index contributed by atoms with van der Waals surface area (Å²) in [4.78, 5) is 53.2. The molecule has 1 N–H and O–H groups in total. The molecule has 2 aromatic carbocycles. The smallest absolute Gasteiger partial charge is 0.343 e. The van der Waals surface area contributed by atoms with Crippen molar-refractivity contribution in [2.75, 3.05) is 37.6 Å². The predicted molar refractivity (Wildman–Crippen MR) is 116 cm³/mol. The quantitative estimate of drug-likeness (QED) is 0.686. The first kappa shape index (κ1) is 22.0. The van der Waals surface area contributed by atoms with E-state index < -0.39 is 35.4 Å². The summed E-state index contributed by atoms with van der Waals surface area (Å²) in [6.07, 6.45) is -0.00407. The molecule has 0 radical (unpaired) electrons. The van der Waals surface area contributed by atoms with E-state index in [1.165, 1.54) is 6.07 Å². The van der Waals surface area contributed by atoms with Gasteiger partial charge in [0.05, 0.1) is 23.4 Å². The fourth-order valence-electron chi connectivity index (χ4n) is 4.48. The molecule has 2 aromatic rings. The number of hydrogen-bond donors (Lipinski definition) is 1. The number of rotatable bonds is 4. The number of amides is 5. The Morgan fingerprint density at radius 2 is 1.59 bits per heavy atom. The van der Waals surface area contributed by atoms with Crippen molar-refractivity contribution in [2.24, 2.45) is 0 Å². The lowest BCUT2D eigenvalue weighted by atomic mass is 10.1. The molecule has 34 heavy (non-hydrogen) atoms. The van der Waals surface area contributed by atoms with Crippen LogP contribution in [0.15, 0.2) is 36.4 Å². The van der Waals surface area contributed by atoms with Gasteiger partial charge in [-0.2, -0.15) is 5.01 Å². The van der Waals surface area contributed by atoms with E-state index in [1.807, 2.05) is 0 Å². The van der Waals surface area contributed by atoms with Gasteiger partial charge in [-0.1, -0.05) is 12.1 Å². The first-order chi connectivity index (χ1) is 16.3. The topological polar surface area (TPSA) is 93.3 Å². The number of nitrogens with one attached hydrogen (secondary N) is 1. The number of hydrogen-bond acceptors (Lipinski definition) is 6. The van der Waals surface area contributed by atoms with Crippen molar-refractivity contribution in [3.05, 3.63) is 64.7 Å². The van der Waals surface area contributed by atoms with E-state index in [-0.39, 0.29) is 29.8 Å². The van der Waals surface area contributed by atoms with Crippen molar-refractivity contribution < 1.29 is 28.0 Å². The molecule has 0 aliphatic carbocycles. The zero-order valence-electron chi connectivity index (χ0n) is 18.1. The lowest BCUT2D eigenvalue weighted by Crippen LogP contribution is -2.58. The van der Waals surface area contributed by atoms with E-state index in [1.54, 1.807) is 29.2 Å². The second-order valence-corrected chi connectivity index (χ2v) is 8.36. The highest BCUT2D eigenvalue weighted by Crippen LogP contribution is 2.28. The van der Waals surface area contributed by atoms with Crippen molar-refractivity contribution in [1.29, 1.82) is 0 Å². The maximum atomic E-state index is 14.1. The van der Waals surface area contributed by atoms with Crippen LogP contribution in [-0.2, 0) is 11.3 Å². The second-order valence-electron chi connectivity index (χ2n) is 8.36. The molecular formula is C23H21F2N5O4. The van der Waals surface area contributed by atoms with E-state index >= 15 is 0 Å². The van der Waals surface area contributed by atoms with Crippen LogP contribution in [0.5, 0.6) is 0 Å². The highest BCUT2D eigenvalue weighted by atomic mass is 19.2. The second kappa shape index (κ2) is 8.49. The predicted octanol–water partition coefficient (Wildman–Crippen LogP) is 1.74. The van der Waals surface area contributed by atoms with Crippen LogP contribution in [-0.4, -0.2) is 71.4 Å². The van der Waals surface area contributed by atoms with Gasteiger partial charge in [-0.05, 0) is 29.8 Å². The summed E-state index contributed by atoms with van der Waals surface area (Å²) in [6.45, 7) is 2.69. The minimum absolute atomic E-state index is 0.00407. The summed E-state index contributed by atoms with van der Waals surface area (Å²) in [5, 5.41) is 3.84. The standard InChI is InChI=1S/C23H21F2N5O4/c24-17-2-1-3-18(20(17)25)28-10-8-27(9-11-28)13-14-4-5-15-16(12-14)22(33)30(21(15)32)29-7-6-19(31)26-23(29)34/h1-5,12H,6-11,13H2,(H,26,31,34). The molecule has 5 amide bonds. The zero-order chi connectivity index (χ0) is 24.0. The van der Waals surface area contributed by atoms with Gasteiger partial charge in [0.2, 0.25) is 5.91 Å². The van der Waals surface area contributed by atoms with Crippen molar-refractivity contribution in [1.82, 2.24) is 20.2 Å². The molecule has 0 aromatic heterocycles. The summed E-state index contributed by atoms with van der Waals surface area (Å²) >= 11 is 0. The maximum Gasteiger partial charge on any atom is 0.343 e. The molecule has 3 heterocycles. The van der Waals surface area contributed by atoms with Gasteiger partial charge in [-0.15, -0.1) is 0 Å². The minimum atomic E-state index is -0.875. The van der Waals surface area contributed by atoms with Gasteiger partial charge in [0.1, 0.15) is 0 Å². The van der Waals surface area contributed by atoms with E-state index in [9.17, 15) is 28.0 Å². The molecule has 0 unspecified atom stereocenters. The largest absolute Gasteiger partial charge is 0.367 e. The summed E-state index contributed by atoms with van der Waals surface area (Å²) in [5.74, 6) is -3.41. The highest BCUT2D eigenvalue weighted by molar-refractivity contribution is 6.22. The van der Waals surface area contributed by atoms with Crippen LogP contribution in [0.1, 0.15) is 32.7 Å². The van der Waals surface area contributed by atoms with Crippen LogP contribution in [0.25, 0.3) is 0 Å². The Kier molecular flexibility index (Phi) is 5.48. The van der Waals surface area contributed by atoms with Crippen molar-refractivity contribution >= 4 is 29.4 Å². The summed E-state index contributed by atoms with van der Waals surface area (Å²) in [7, 11) is 0. The first-order valence-electron chi connectivity index (χ1n) is 10.9. The van der Waals surface area contributed by atoms with Gasteiger partial charge in [0, 0.05) is 39.1 Å². The number of urea groups is 1. The third-order valence-electron chi connectivity index (χ3n) is 6.25. The van der Waals surface area contributed by atoms with Gasteiger partial charge in [0.15, 0.2) is 11.6 Å². The van der Waals surface area contributed by atoms with Gasteiger partial charge in [0.25, 0.3) is 11.8 Å². The lowest BCUT2D eigenvalue weighted by Gasteiger charge is -2.36. The number of fused-ring (bicyclic) bond motifs is 1. The molecule has 176 valence electrons. The molecular weight excluding hydrogens is 448 g/mol. The molecule has 3 aliphatic heterocycles. The fraction of sp³-hybridized carbons (Fsp3) is 0.304. The number of halogens is 2. The zero-order valence-corrected chi connectivity index (χ0v) is 18.1. The third-order valence-corrected chi connectivity index (χ3v) is 6.25. The Balaban J connectivity index is 1.26. The lowest BCUT2D eigenvalue weighted by molar-refractivity contribution is -0.122.